The number of benzene rings is 2. The molecule has 2 aromatic carbocycles. The van der Waals surface area contributed by atoms with Gasteiger partial charge in [0.15, 0.2) is 0 Å². The van der Waals surface area contributed by atoms with Crippen LogP contribution in [0.15, 0.2) is 85.0 Å². The fourth-order valence-corrected chi connectivity index (χ4v) is 8.24. The van der Waals surface area contributed by atoms with Gasteiger partial charge in [-0.25, -0.2) is 0 Å². The molecule has 2 aliphatic carbocycles. The summed E-state index contributed by atoms with van der Waals surface area (Å²) in [5.41, 5.74) is 4.48. The molecule has 0 heterocycles. The molecule has 4 rings (SSSR count). The first-order chi connectivity index (χ1) is 22.3. The van der Waals surface area contributed by atoms with Gasteiger partial charge >= 0.3 is 11.9 Å². The first-order valence-electron chi connectivity index (χ1n) is 18.2. The summed E-state index contributed by atoms with van der Waals surface area (Å²) in [4.78, 5) is 22.8. The van der Waals surface area contributed by atoms with Crippen molar-refractivity contribution in [1.29, 1.82) is 0 Å². The average Bonchev–Trinajstić information content (AvgIpc) is 3.03. The summed E-state index contributed by atoms with van der Waals surface area (Å²) in [6, 6.07) is 20.1. The van der Waals surface area contributed by atoms with Crippen LogP contribution < -0.4 is 0 Å². The Hall–Kier alpha value is -3.14. The lowest BCUT2D eigenvalue weighted by Gasteiger charge is -2.34. The first-order valence-corrected chi connectivity index (χ1v) is 18.2. The lowest BCUT2D eigenvalue weighted by atomic mass is 9.71. The van der Waals surface area contributed by atoms with Gasteiger partial charge in [0, 0.05) is 11.8 Å². The summed E-state index contributed by atoms with van der Waals surface area (Å²) in [5, 5.41) is 18.8. The molecule has 4 nitrogen and oxygen atoms in total. The second kappa shape index (κ2) is 20.2. The Balaban J connectivity index is 0.000000250. The van der Waals surface area contributed by atoms with Gasteiger partial charge in [-0.1, -0.05) is 163 Å². The van der Waals surface area contributed by atoms with Crippen molar-refractivity contribution in [3.63, 3.8) is 0 Å². The summed E-state index contributed by atoms with van der Waals surface area (Å²) >= 11 is 0. The lowest BCUT2D eigenvalue weighted by Crippen LogP contribution is -2.23. The number of carbonyl (C=O) groups is 2. The van der Waals surface area contributed by atoms with Crippen LogP contribution in [0.5, 0.6) is 0 Å². The largest absolute Gasteiger partial charge is 0.481 e. The Labute approximate surface area is 279 Å². The lowest BCUT2D eigenvalue weighted by molar-refractivity contribution is -0.138. The maximum absolute atomic E-state index is 11.4. The predicted molar refractivity (Wildman–Crippen MR) is 191 cm³/mol. The van der Waals surface area contributed by atoms with E-state index in [2.05, 4.69) is 27.0 Å². The first kappa shape index (κ1) is 37.3. The second-order valence-electron chi connectivity index (χ2n) is 13.8. The minimum atomic E-state index is -0.737. The summed E-state index contributed by atoms with van der Waals surface area (Å²) in [5.74, 6) is 0.637. The highest BCUT2D eigenvalue weighted by atomic mass is 16.4. The molecule has 0 aliphatic heterocycles. The fourth-order valence-electron chi connectivity index (χ4n) is 8.24. The SMILES string of the molecule is C=C([C@@H](CC(=O)O)c1ccccc1)[C@H]1CCCCCC[C@H]1CC.C=C([C@@H](CC(=O)O)c1ccccc1)[C@H]1CCCCCC[C@H]1CC. The van der Waals surface area contributed by atoms with Crippen LogP contribution in [0.4, 0.5) is 0 Å². The molecule has 252 valence electrons. The van der Waals surface area contributed by atoms with Gasteiger partial charge in [-0.3, -0.25) is 9.59 Å². The Morgan fingerprint density at radius 2 is 0.913 bits per heavy atom. The van der Waals surface area contributed by atoms with E-state index < -0.39 is 11.9 Å². The standard InChI is InChI=1S/2C21H30O2/c2*1-3-17-11-7-4-5-10-14-19(17)16(2)20(15-21(22)23)18-12-8-6-9-13-18/h2*6,8-9,12-13,17,19-20H,2-5,7,10-11,14-15H2,1H3,(H,22,23)/t2*17-,19-,20-/m11/s1. The van der Waals surface area contributed by atoms with Crippen LogP contribution >= 0.6 is 0 Å². The van der Waals surface area contributed by atoms with Crippen molar-refractivity contribution in [3.8, 4) is 0 Å². The van der Waals surface area contributed by atoms with Gasteiger partial charge in [-0.2, -0.15) is 0 Å². The Morgan fingerprint density at radius 3 is 1.22 bits per heavy atom. The highest BCUT2D eigenvalue weighted by Gasteiger charge is 2.31. The van der Waals surface area contributed by atoms with Crippen LogP contribution in [0, 0.1) is 23.7 Å². The monoisotopic (exact) mass is 628 g/mol. The van der Waals surface area contributed by atoms with Crippen LogP contribution in [0.1, 0.15) is 140 Å². The normalized spacial score (nSPS) is 23.5. The van der Waals surface area contributed by atoms with Gasteiger partial charge in [-0.15, -0.1) is 0 Å². The second-order valence-corrected chi connectivity index (χ2v) is 13.8. The fraction of sp³-hybridized carbons (Fsp3) is 0.571. The van der Waals surface area contributed by atoms with Gasteiger partial charge in [0.1, 0.15) is 0 Å². The minimum absolute atomic E-state index is 0.0628. The molecule has 2 aliphatic rings. The topological polar surface area (TPSA) is 74.6 Å². The van der Waals surface area contributed by atoms with Crippen molar-refractivity contribution in [3.05, 3.63) is 96.1 Å². The van der Waals surface area contributed by atoms with E-state index in [0.717, 1.165) is 35.1 Å². The number of hydrogen-bond acceptors (Lipinski definition) is 2. The highest BCUT2D eigenvalue weighted by Crippen LogP contribution is 2.43. The Morgan fingerprint density at radius 1 is 0.587 bits per heavy atom. The molecule has 2 N–H and O–H groups in total. The zero-order valence-electron chi connectivity index (χ0n) is 28.7. The van der Waals surface area contributed by atoms with E-state index in [0.29, 0.717) is 23.7 Å². The van der Waals surface area contributed by atoms with Crippen LogP contribution in [0.25, 0.3) is 0 Å². The summed E-state index contributed by atoms with van der Waals surface area (Å²) < 4.78 is 0. The van der Waals surface area contributed by atoms with E-state index in [1.54, 1.807) is 0 Å². The Bertz CT molecular complexity index is 1110. The van der Waals surface area contributed by atoms with Gasteiger partial charge in [0.05, 0.1) is 12.8 Å². The van der Waals surface area contributed by atoms with Crippen molar-refractivity contribution in [2.75, 3.05) is 0 Å². The van der Waals surface area contributed by atoms with Gasteiger partial charge in [0.25, 0.3) is 0 Å². The van der Waals surface area contributed by atoms with Crippen LogP contribution in [-0.2, 0) is 9.59 Å². The van der Waals surface area contributed by atoms with Crippen molar-refractivity contribution >= 4 is 11.9 Å². The van der Waals surface area contributed by atoms with E-state index in [1.807, 2.05) is 60.7 Å². The Kier molecular flexibility index (Phi) is 16.4. The van der Waals surface area contributed by atoms with Crippen LogP contribution in [0.3, 0.4) is 0 Å². The van der Waals surface area contributed by atoms with E-state index in [9.17, 15) is 19.8 Å². The molecule has 2 saturated carbocycles. The molecular formula is C42H60O4. The van der Waals surface area contributed by atoms with E-state index in [4.69, 9.17) is 0 Å². The smallest absolute Gasteiger partial charge is 0.304 e. The zero-order valence-corrected chi connectivity index (χ0v) is 28.7. The quantitative estimate of drug-likeness (QED) is 0.229. The molecule has 0 amide bonds. The van der Waals surface area contributed by atoms with Gasteiger partial charge in [0.2, 0.25) is 0 Å². The van der Waals surface area contributed by atoms with Crippen LogP contribution in [0.2, 0.25) is 0 Å². The van der Waals surface area contributed by atoms with Gasteiger partial charge < -0.3 is 10.2 Å². The summed E-state index contributed by atoms with van der Waals surface area (Å²) in [6.07, 6.45) is 17.9. The molecule has 2 aromatic rings. The molecule has 0 radical (unpaired) electrons. The van der Waals surface area contributed by atoms with E-state index in [-0.39, 0.29) is 24.7 Å². The molecule has 6 atom stereocenters. The maximum Gasteiger partial charge on any atom is 0.304 e. The third-order valence-corrected chi connectivity index (χ3v) is 10.9. The molecule has 46 heavy (non-hydrogen) atoms. The van der Waals surface area contributed by atoms with Crippen molar-refractivity contribution in [1.82, 2.24) is 0 Å². The van der Waals surface area contributed by atoms with Crippen molar-refractivity contribution < 1.29 is 19.8 Å². The number of aliphatic carboxylic acids is 2. The molecule has 0 aromatic heterocycles. The molecule has 0 spiro atoms. The maximum atomic E-state index is 11.4. The average molecular weight is 629 g/mol. The van der Waals surface area contributed by atoms with Crippen LogP contribution in [-0.4, -0.2) is 22.2 Å². The minimum Gasteiger partial charge on any atom is -0.481 e. The highest BCUT2D eigenvalue weighted by molar-refractivity contribution is 5.69. The summed E-state index contributed by atoms with van der Waals surface area (Å²) in [6.45, 7) is 13.4. The van der Waals surface area contributed by atoms with Gasteiger partial charge in [-0.05, 0) is 60.5 Å². The number of carboxylic acid groups (broad SMARTS) is 2. The van der Waals surface area contributed by atoms with Crippen molar-refractivity contribution in [2.24, 2.45) is 23.7 Å². The third kappa shape index (κ3) is 11.6. The third-order valence-electron chi connectivity index (χ3n) is 10.9. The molecule has 0 unspecified atom stereocenters. The van der Waals surface area contributed by atoms with Crippen molar-refractivity contribution in [2.45, 2.75) is 128 Å². The molecule has 2 fully saturated rings. The number of rotatable bonds is 12. The zero-order chi connectivity index (χ0) is 33.3. The number of carboxylic acids is 2. The number of hydrogen-bond donors (Lipinski definition) is 2. The molecule has 0 saturated heterocycles. The van der Waals surface area contributed by atoms with E-state index in [1.165, 1.54) is 77.0 Å². The molecule has 0 bridgehead atoms. The molecular weight excluding hydrogens is 568 g/mol. The summed E-state index contributed by atoms with van der Waals surface area (Å²) in [7, 11) is 0. The number of allylic oxidation sites excluding steroid dienone is 2. The molecule has 4 heteroatoms. The van der Waals surface area contributed by atoms with E-state index >= 15 is 0 Å². The predicted octanol–water partition coefficient (Wildman–Crippen LogP) is 11.6.